The summed E-state index contributed by atoms with van der Waals surface area (Å²) in [6, 6.07) is 2.01. The van der Waals surface area contributed by atoms with Crippen LogP contribution in [0.25, 0.3) is 10.7 Å². The Labute approximate surface area is 92.0 Å². The first-order chi connectivity index (χ1) is 7.34. The van der Waals surface area contributed by atoms with E-state index in [-0.39, 0.29) is 0 Å². The molecule has 0 saturated heterocycles. The normalized spacial score (nSPS) is 15.3. The monoisotopic (exact) mass is 220 g/mol. The van der Waals surface area contributed by atoms with Crippen molar-refractivity contribution in [1.29, 1.82) is 0 Å². The lowest BCUT2D eigenvalue weighted by atomic mass is 10.2. The van der Waals surface area contributed by atoms with Crippen molar-refractivity contribution in [2.45, 2.75) is 13.0 Å². The Kier molecular flexibility index (Phi) is 2.07. The summed E-state index contributed by atoms with van der Waals surface area (Å²) in [5.41, 5.74) is 2.37. The van der Waals surface area contributed by atoms with Crippen molar-refractivity contribution in [2.24, 2.45) is 7.05 Å². The lowest BCUT2D eigenvalue weighted by Crippen LogP contribution is -2.22. The van der Waals surface area contributed by atoms with E-state index in [0.29, 0.717) is 0 Å². The zero-order valence-corrected chi connectivity index (χ0v) is 9.34. The Morgan fingerprint density at radius 2 is 2.47 bits per heavy atom. The smallest absolute Gasteiger partial charge is 0.142 e. The number of fused-ring (bicyclic) bond motifs is 1. The van der Waals surface area contributed by atoms with Gasteiger partial charge >= 0.3 is 0 Å². The van der Waals surface area contributed by atoms with Crippen LogP contribution >= 0.6 is 11.3 Å². The third-order valence-corrected chi connectivity index (χ3v) is 3.76. The molecule has 0 spiro atoms. The average Bonchev–Trinajstić information content (AvgIpc) is 2.82. The highest BCUT2D eigenvalue weighted by Crippen LogP contribution is 2.28. The van der Waals surface area contributed by atoms with Gasteiger partial charge in [0.05, 0.1) is 11.4 Å². The Hall–Kier alpha value is -1.20. The molecule has 2 aromatic rings. The van der Waals surface area contributed by atoms with E-state index in [1.807, 2.05) is 24.0 Å². The first kappa shape index (κ1) is 9.06. The number of hydrogen-bond donors (Lipinski definition) is 1. The molecule has 78 valence electrons. The second-order valence-corrected chi connectivity index (χ2v) is 4.74. The second kappa shape index (κ2) is 3.43. The maximum absolute atomic E-state index is 4.67. The van der Waals surface area contributed by atoms with Crippen LogP contribution in [0.5, 0.6) is 0 Å². The first-order valence-corrected chi connectivity index (χ1v) is 5.84. The maximum atomic E-state index is 4.67. The van der Waals surface area contributed by atoms with Crippen LogP contribution in [0, 0.1) is 0 Å². The van der Waals surface area contributed by atoms with Gasteiger partial charge in [0, 0.05) is 37.6 Å². The SMILES string of the molecule is Cn1nccc1-c1nc2c(s1)CNCC2. The molecular formula is C10H12N4S. The lowest BCUT2D eigenvalue weighted by molar-refractivity contribution is 0.644. The third kappa shape index (κ3) is 1.48. The van der Waals surface area contributed by atoms with Crippen molar-refractivity contribution in [3.63, 3.8) is 0 Å². The van der Waals surface area contributed by atoms with Gasteiger partial charge in [0.15, 0.2) is 0 Å². The summed E-state index contributed by atoms with van der Waals surface area (Å²) in [4.78, 5) is 6.04. The fourth-order valence-electron chi connectivity index (χ4n) is 1.82. The van der Waals surface area contributed by atoms with E-state index in [2.05, 4.69) is 15.4 Å². The Morgan fingerprint density at radius 3 is 3.20 bits per heavy atom. The molecule has 0 aliphatic carbocycles. The molecular weight excluding hydrogens is 208 g/mol. The minimum absolute atomic E-state index is 0.963. The highest BCUT2D eigenvalue weighted by atomic mass is 32.1. The van der Waals surface area contributed by atoms with Crippen molar-refractivity contribution in [3.05, 3.63) is 22.8 Å². The summed E-state index contributed by atoms with van der Waals surface area (Å²) in [6.45, 7) is 2.01. The molecule has 15 heavy (non-hydrogen) atoms. The van der Waals surface area contributed by atoms with Crippen molar-refractivity contribution in [1.82, 2.24) is 20.1 Å². The standard InChI is InChI=1S/C10H12N4S/c1-14-8(3-5-12-14)10-13-7-2-4-11-6-9(7)15-10/h3,5,11H,2,4,6H2,1H3. The summed E-state index contributed by atoms with van der Waals surface area (Å²) < 4.78 is 1.87. The average molecular weight is 220 g/mol. The molecule has 4 nitrogen and oxygen atoms in total. The fourth-order valence-corrected chi connectivity index (χ4v) is 2.95. The van der Waals surface area contributed by atoms with Gasteiger partial charge in [0.2, 0.25) is 0 Å². The number of rotatable bonds is 1. The van der Waals surface area contributed by atoms with Crippen molar-refractivity contribution in [2.75, 3.05) is 6.54 Å². The van der Waals surface area contributed by atoms with Gasteiger partial charge in [-0.1, -0.05) is 0 Å². The highest BCUT2D eigenvalue weighted by molar-refractivity contribution is 7.15. The minimum atomic E-state index is 0.963. The van der Waals surface area contributed by atoms with E-state index in [4.69, 9.17) is 0 Å². The molecule has 0 fully saturated rings. The molecule has 5 heteroatoms. The molecule has 3 heterocycles. The summed E-state index contributed by atoms with van der Waals surface area (Å²) >= 11 is 1.77. The van der Waals surface area contributed by atoms with Crippen LogP contribution in [-0.2, 0) is 20.0 Å². The zero-order chi connectivity index (χ0) is 10.3. The van der Waals surface area contributed by atoms with Crippen molar-refractivity contribution >= 4 is 11.3 Å². The summed E-state index contributed by atoms with van der Waals surface area (Å²) in [5, 5.41) is 8.62. The van der Waals surface area contributed by atoms with Crippen LogP contribution in [0.2, 0.25) is 0 Å². The predicted molar refractivity (Wildman–Crippen MR) is 59.7 cm³/mol. The van der Waals surface area contributed by atoms with E-state index in [0.717, 1.165) is 30.2 Å². The number of aryl methyl sites for hydroxylation is 1. The van der Waals surface area contributed by atoms with Crippen LogP contribution in [0.4, 0.5) is 0 Å². The van der Waals surface area contributed by atoms with Crippen LogP contribution in [0.1, 0.15) is 10.6 Å². The van der Waals surface area contributed by atoms with Crippen LogP contribution < -0.4 is 5.32 Å². The second-order valence-electron chi connectivity index (χ2n) is 3.66. The minimum Gasteiger partial charge on any atom is -0.311 e. The number of aromatic nitrogens is 3. The van der Waals surface area contributed by atoms with Crippen molar-refractivity contribution in [3.8, 4) is 10.7 Å². The highest BCUT2D eigenvalue weighted by Gasteiger charge is 2.16. The number of thiazole rings is 1. The summed E-state index contributed by atoms with van der Waals surface area (Å²) in [6.07, 6.45) is 2.86. The molecule has 0 amide bonds. The molecule has 0 aromatic carbocycles. The van der Waals surface area contributed by atoms with Gasteiger partial charge in [0.25, 0.3) is 0 Å². The van der Waals surface area contributed by atoms with Crippen LogP contribution in [0.3, 0.4) is 0 Å². The van der Waals surface area contributed by atoms with E-state index in [9.17, 15) is 0 Å². The first-order valence-electron chi connectivity index (χ1n) is 5.02. The molecule has 1 N–H and O–H groups in total. The quantitative estimate of drug-likeness (QED) is 0.785. The number of hydrogen-bond acceptors (Lipinski definition) is 4. The van der Waals surface area contributed by atoms with E-state index >= 15 is 0 Å². The van der Waals surface area contributed by atoms with Gasteiger partial charge in [-0.25, -0.2) is 4.98 Å². The Balaban J connectivity index is 2.06. The summed E-state index contributed by atoms with van der Waals surface area (Å²) in [5.74, 6) is 0. The zero-order valence-electron chi connectivity index (χ0n) is 8.53. The topological polar surface area (TPSA) is 42.7 Å². The molecule has 0 atom stereocenters. The Morgan fingerprint density at radius 1 is 1.53 bits per heavy atom. The molecule has 1 aliphatic heterocycles. The molecule has 3 rings (SSSR count). The van der Waals surface area contributed by atoms with E-state index in [1.165, 1.54) is 10.6 Å². The van der Waals surface area contributed by atoms with Gasteiger partial charge in [0.1, 0.15) is 5.01 Å². The van der Waals surface area contributed by atoms with Gasteiger partial charge in [-0.3, -0.25) is 4.68 Å². The summed E-state index contributed by atoms with van der Waals surface area (Å²) in [7, 11) is 1.95. The number of nitrogens with zero attached hydrogens (tertiary/aromatic N) is 3. The van der Waals surface area contributed by atoms with E-state index < -0.39 is 0 Å². The van der Waals surface area contributed by atoms with Gasteiger partial charge < -0.3 is 5.32 Å². The lowest BCUT2D eigenvalue weighted by Gasteiger charge is -2.09. The molecule has 1 aliphatic rings. The van der Waals surface area contributed by atoms with Crippen LogP contribution in [-0.4, -0.2) is 21.3 Å². The molecule has 2 aromatic heterocycles. The number of nitrogens with one attached hydrogen (secondary N) is 1. The third-order valence-electron chi connectivity index (χ3n) is 2.64. The predicted octanol–water partition coefficient (Wildman–Crippen LogP) is 1.19. The molecule has 0 radical (unpaired) electrons. The van der Waals surface area contributed by atoms with Crippen LogP contribution in [0.15, 0.2) is 12.3 Å². The van der Waals surface area contributed by atoms with Crippen molar-refractivity contribution < 1.29 is 0 Å². The maximum Gasteiger partial charge on any atom is 0.142 e. The van der Waals surface area contributed by atoms with E-state index in [1.54, 1.807) is 11.3 Å². The van der Waals surface area contributed by atoms with Gasteiger partial charge in [-0.05, 0) is 6.07 Å². The molecule has 0 unspecified atom stereocenters. The molecule has 0 bridgehead atoms. The Bertz CT molecular complexity index is 462. The van der Waals surface area contributed by atoms with Gasteiger partial charge in [-0.15, -0.1) is 11.3 Å². The fraction of sp³-hybridized carbons (Fsp3) is 0.400. The largest absolute Gasteiger partial charge is 0.311 e. The van der Waals surface area contributed by atoms with Gasteiger partial charge in [-0.2, -0.15) is 5.10 Å². The molecule has 0 saturated carbocycles.